The summed E-state index contributed by atoms with van der Waals surface area (Å²) in [5, 5.41) is 2.96. The summed E-state index contributed by atoms with van der Waals surface area (Å²) in [6.45, 7) is 1.98. The standard InChI is InChI=1S/C21H17NO2/c1-15-9-5-8-14-19(15)24-21(16-10-3-2-4-11-16)17-12-6-7-13-18(17)22-20(21)23/h2-14H,1H3,(H,22,23). The fourth-order valence-corrected chi connectivity index (χ4v) is 3.19. The quantitative estimate of drug-likeness (QED) is 0.784. The van der Waals surface area contributed by atoms with Crippen molar-refractivity contribution in [2.45, 2.75) is 12.5 Å². The normalized spacial score (nSPS) is 18.8. The molecule has 0 bridgehead atoms. The maximum atomic E-state index is 13.0. The van der Waals surface area contributed by atoms with E-state index < -0.39 is 5.60 Å². The zero-order valence-electron chi connectivity index (χ0n) is 13.3. The molecule has 118 valence electrons. The molecule has 3 aromatic rings. The predicted octanol–water partition coefficient (Wildman–Crippen LogP) is 4.27. The summed E-state index contributed by atoms with van der Waals surface area (Å²) in [7, 11) is 0. The fourth-order valence-electron chi connectivity index (χ4n) is 3.19. The molecular formula is C21H17NO2. The number of nitrogens with one attached hydrogen (secondary N) is 1. The van der Waals surface area contributed by atoms with Gasteiger partial charge in [0.25, 0.3) is 5.91 Å². The molecule has 1 atom stereocenters. The fraction of sp³-hybridized carbons (Fsp3) is 0.0952. The van der Waals surface area contributed by atoms with E-state index in [1.807, 2.05) is 85.8 Å². The van der Waals surface area contributed by atoms with Crippen molar-refractivity contribution in [3.05, 3.63) is 95.6 Å². The van der Waals surface area contributed by atoms with E-state index in [4.69, 9.17) is 4.74 Å². The van der Waals surface area contributed by atoms with Gasteiger partial charge < -0.3 is 10.1 Å². The van der Waals surface area contributed by atoms with E-state index in [1.54, 1.807) is 0 Å². The Kier molecular flexibility index (Phi) is 3.35. The van der Waals surface area contributed by atoms with E-state index in [0.29, 0.717) is 5.75 Å². The molecule has 1 amide bonds. The van der Waals surface area contributed by atoms with Gasteiger partial charge in [-0.25, -0.2) is 0 Å². The summed E-state index contributed by atoms with van der Waals surface area (Å²) >= 11 is 0. The number of hydrogen-bond donors (Lipinski definition) is 1. The summed E-state index contributed by atoms with van der Waals surface area (Å²) in [6.07, 6.45) is 0. The summed E-state index contributed by atoms with van der Waals surface area (Å²) < 4.78 is 6.41. The van der Waals surface area contributed by atoms with Crippen LogP contribution in [0.1, 0.15) is 16.7 Å². The van der Waals surface area contributed by atoms with Crippen LogP contribution in [0.2, 0.25) is 0 Å². The highest BCUT2D eigenvalue weighted by atomic mass is 16.5. The maximum Gasteiger partial charge on any atom is 0.278 e. The Morgan fingerprint density at radius 2 is 1.50 bits per heavy atom. The number of hydrogen-bond acceptors (Lipinski definition) is 2. The van der Waals surface area contributed by atoms with Crippen molar-refractivity contribution in [3.63, 3.8) is 0 Å². The molecule has 3 nitrogen and oxygen atoms in total. The lowest BCUT2D eigenvalue weighted by atomic mass is 9.87. The minimum atomic E-state index is -1.18. The first-order valence-corrected chi connectivity index (χ1v) is 7.93. The highest BCUT2D eigenvalue weighted by Crippen LogP contribution is 2.44. The van der Waals surface area contributed by atoms with E-state index in [1.165, 1.54) is 0 Å². The third kappa shape index (κ3) is 2.09. The van der Waals surface area contributed by atoms with Gasteiger partial charge in [0, 0.05) is 16.8 Å². The van der Waals surface area contributed by atoms with Crippen molar-refractivity contribution in [2.75, 3.05) is 5.32 Å². The number of fused-ring (bicyclic) bond motifs is 1. The van der Waals surface area contributed by atoms with E-state index >= 15 is 0 Å². The lowest BCUT2D eigenvalue weighted by Crippen LogP contribution is -2.41. The lowest BCUT2D eigenvalue weighted by Gasteiger charge is -2.30. The molecule has 0 radical (unpaired) electrons. The largest absolute Gasteiger partial charge is 0.467 e. The van der Waals surface area contributed by atoms with Gasteiger partial charge in [-0.05, 0) is 24.6 Å². The second kappa shape index (κ2) is 5.53. The van der Waals surface area contributed by atoms with Crippen molar-refractivity contribution in [2.24, 2.45) is 0 Å². The van der Waals surface area contributed by atoms with Crippen LogP contribution in [0.3, 0.4) is 0 Å². The van der Waals surface area contributed by atoms with Crippen LogP contribution in [0.4, 0.5) is 5.69 Å². The first kappa shape index (κ1) is 14.5. The number of rotatable bonds is 3. The van der Waals surface area contributed by atoms with Gasteiger partial charge in [-0.1, -0.05) is 66.7 Å². The molecule has 1 aliphatic rings. The second-order valence-corrected chi connectivity index (χ2v) is 5.91. The van der Waals surface area contributed by atoms with Gasteiger partial charge in [0.2, 0.25) is 5.60 Å². The van der Waals surface area contributed by atoms with Crippen molar-refractivity contribution in [1.82, 2.24) is 0 Å². The predicted molar refractivity (Wildman–Crippen MR) is 94.1 cm³/mol. The first-order chi connectivity index (χ1) is 11.7. The number of benzene rings is 3. The van der Waals surface area contributed by atoms with Gasteiger partial charge in [-0.15, -0.1) is 0 Å². The minimum Gasteiger partial charge on any atom is -0.467 e. The van der Waals surface area contributed by atoms with Gasteiger partial charge in [0.15, 0.2) is 0 Å². The van der Waals surface area contributed by atoms with Crippen LogP contribution in [-0.2, 0) is 10.4 Å². The SMILES string of the molecule is Cc1ccccc1OC1(c2ccccc2)C(=O)Nc2ccccc21. The summed E-state index contributed by atoms with van der Waals surface area (Å²) in [6, 6.07) is 25.1. The molecule has 3 heteroatoms. The molecule has 1 unspecified atom stereocenters. The Morgan fingerprint density at radius 1 is 0.833 bits per heavy atom. The lowest BCUT2D eigenvalue weighted by molar-refractivity contribution is -0.127. The third-order valence-electron chi connectivity index (χ3n) is 4.41. The molecule has 3 aromatic carbocycles. The monoisotopic (exact) mass is 315 g/mol. The highest BCUT2D eigenvalue weighted by molar-refractivity contribution is 6.07. The number of para-hydroxylation sites is 2. The van der Waals surface area contributed by atoms with Gasteiger partial charge in [0.05, 0.1) is 0 Å². The van der Waals surface area contributed by atoms with E-state index in [-0.39, 0.29) is 5.91 Å². The number of aryl methyl sites for hydroxylation is 1. The number of carbonyl (C=O) groups excluding carboxylic acids is 1. The zero-order valence-corrected chi connectivity index (χ0v) is 13.3. The Balaban J connectivity index is 1.95. The molecule has 0 fully saturated rings. The molecule has 1 N–H and O–H groups in total. The van der Waals surface area contributed by atoms with Crippen molar-refractivity contribution in [3.8, 4) is 5.75 Å². The molecule has 24 heavy (non-hydrogen) atoms. The Bertz CT molecular complexity index is 904. The van der Waals surface area contributed by atoms with E-state index in [0.717, 1.165) is 22.4 Å². The molecule has 0 aromatic heterocycles. The van der Waals surface area contributed by atoms with Gasteiger partial charge in [0.1, 0.15) is 5.75 Å². The van der Waals surface area contributed by atoms with Crippen molar-refractivity contribution < 1.29 is 9.53 Å². The van der Waals surface area contributed by atoms with Gasteiger partial charge in [-0.3, -0.25) is 4.79 Å². The van der Waals surface area contributed by atoms with Crippen LogP contribution in [0.15, 0.2) is 78.9 Å². The Morgan fingerprint density at radius 3 is 2.29 bits per heavy atom. The van der Waals surface area contributed by atoms with Gasteiger partial charge in [-0.2, -0.15) is 0 Å². The van der Waals surface area contributed by atoms with E-state index in [9.17, 15) is 4.79 Å². The molecule has 0 aliphatic carbocycles. The molecule has 1 heterocycles. The smallest absolute Gasteiger partial charge is 0.278 e. The average Bonchev–Trinajstić information content (AvgIpc) is 2.90. The van der Waals surface area contributed by atoms with Crippen LogP contribution >= 0.6 is 0 Å². The van der Waals surface area contributed by atoms with Crippen LogP contribution in [0.25, 0.3) is 0 Å². The number of amides is 1. The Hall–Kier alpha value is -3.07. The summed E-state index contributed by atoms with van der Waals surface area (Å²) in [5.41, 5.74) is 2.26. The van der Waals surface area contributed by atoms with E-state index in [2.05, 4.69) is 5.32 Å². The van der Waals surface area contributed by atoms with Crippen LogP contribution in [0, 0.1) is 6.92 Å². The minimum absolute atomic E-state index is 0.168. The zero-order chi connectivity index (χ0) is 16.6. The molecule has 0 saturated carbocycles. The molecule has 1 aliphatic heterocycles. The number of anilines is 1. The molecular weight excluding hydrogens is 298 g/mol. The van der Waals surface area contributed by atoms with Crippen molar-refractivity contribution in [1.29, 1.82) is 0 Å². The van der Waals surface area contributed by atoms with Crippen LogP contribution in [0.5, 0.6) is 5.75 Å². The molecule has 0 saturated heterocycles. The second-order valence-electron chi connectivity index (χ2n) is 5.91. The van der Waals surface area contributed by atoms with Gasteiger partial charge >= 0.3 is 0 Å². The maximum absolute atomic E-state index is 13.0. The number of carbonyl (C=O) groups is 1. The average molecular weight is 315 g/mol. The Labute approximate surface area is 140 Å². The first-order valence-electron chi connectivity index (χ1n) is 7.93. The highest BCUT2D eigenvalue weighted by Gasteiger charge is 2.51. The topological polar surface area (TPSA) is 38.3 Å². The number of ether oxygens (including phenoxy) is 1. The molecule has 0 spiro atoms. The van der Waals surface area contributed by atoms with Crippen LogP contribution in [-0.4, -0.2) is 5.91 Å². The summed E-state index contributed by atoms with van der Waals surface area (Å²) in [4.78, 5) is 13.0. The van der Waals surface area contributed by atoms with Crippen molar-refractivity contribution >= 4 is 11.6 Å². The van der Waals surface area contributed by atoms with Crippen LogP contribution < -0.4 is 10.1 Å². The third-order valence-corrected chi connectivity index (χ3v) is 4.41. The summed E-state index contributed by atoms with van der Waals surface area (Å²) in [5.74, 6) is 0.534. The molecule has 4 rings (SSSR count).